The second-order valence-corrected chi connectivity index (χ2v) is 5.25. The van der Waals surface area contributed by atoms with E-state index in [0.29, 0.717) is 6.54 Å². The van der Waals surface area contributed by atoms with Gasteiger partial charge in [-0.05, 0) is 34.1 Å². The number of aryl methyl sites for hydroxylation is 1. The smallest absolute Gasteiger partial charge is 0.407 e. The largest absolute Gasteiger partial charge is 0.444 e. The fourth-order valence-electron chi connectivity index (χ4n) is 1.43. The van der Waals surface area contributed by atoms with Gasteiger partial charge < -0.3 is 10.1 Å². The van der Waals surface area contributed by atoms with Gasteiger partial charge in [0.15, 0.2) is 0 Å². The van der Waals surface area contributed by atoms with Crippen molar-refractivity contribution in [3.8, 4) is 0 Å². The summed E-state index contributed by atoms with van der Waals surface area (Å²) in [7, 11) is 0. The van der Waals surface area contributed by atoms with Crippen LogP contribution >= 0.6 is 0 Å². The number of alkyl carbamates (subject to hydrolysis) is 1. The fourth-order valence-corrected chi connectivity index (χ4v) is 1.43. The summed E-state index contributed by atoms with van der Waals surface area (Å²) >= 11 is 0. The summed E-state index contributed by atoms with van der Waals surface area (Å²) in [6.45, 7) is 9.01. The SMILES string of the molecule is CCn1cc(C=CCCNC(=O)OC(C)(C)C)cn1. The Labute approximate surface area is 114 Å². The predicted octanol–water partition coefficient (Wildman–Crippen LogP) is 2.83. The Hall–Kier alpha value is -1.78. The van der Waals surface area contributed by atoms with Crippen molar-refractivity contribution in [3.05, 3.63) is 24.0 Å². The second kappa shape index (κ2) is 6.97. The minimum absolute atomic E-state index is 0.375. The van der Waals surface area contributed by atoms with E-state index in [-0.39, 0.29) is 6.09 Å². The third-order valence-electron chi connectivity index (χ3n) is 2.27. The zero-order chi connectivity index (χ0) is 14.3. The number of nitrogens with one attached hydrogen (secondary N) is 1. The van der Waals surface area contributed by atoms with Crippen molar-refractivity contribution in [2.24, 2.45) is 0 Å². The predicted molar refractivity (Wildman–Crippen MR) is 75.8 cm³/mol. The van der Waals surface area contributed by atoms with Crippen LogP contribution in [0.3, 0.4) is 0 Å². The van der Waals surface area contributed by atoms with Gasteiger partial charge in [-0.3, -0.25) is 4.68 Å². The van der Waals surface area contributed by atoms with Crippen LogP contribution in [0.2, 0.25) is 0 Å². The summed E-state index contributed by atoms with van der Waals surface area (Å²) in [6.07, 6.45) is 8.19. The lowest BCUT2D eigenvalue weighted by atomic mass is 10.2. The van der Waals surface area contributed by atoms with Crippen LogP contribution in [0, 0.1) is 0 Å². The first-order chi connectivity index (χ1) is 8.90. The lowest BCUT2D eigenvalue weighted by Crippen LogP contribution is -2.32. The molecule has 1 heterocycles. The molecule has 0 fully saturated rings. The Morgan fingerprint density at radius 3 is 2.84 bits per heavy atom. The van der Waals surface area contributed by atoms with E-state index in [4.69, 9.17) is 4.74 Å². The molecule has 0 aromatic carbocycles. The molecule has 0 bridgehead atoms. The quantitative estimate of drug-likeness (QED) is 0.833. The van der Waals surface area contributed by atoms with Crippen molar-refractivity contribution < 1.29 is 9.53 Å². The number of nitrogens with zero attached hydrogens (tertiary/aromatic N) is 2. The zero-order valence-electron chi connectivity index (χ0n) is 12.1. The molecule has 5 heteroatoms. The fraction of sp³-hybridized carbons (Fsp3) is 0.571. The highest BCUT2D eigenvalue weighted by molar-refractivity contribution is 5.67. The van der Waals surface area contributed by atoms with Gasteiger partial charge in [0.1, 0.15) is 5.60 Å². The normalized spacial score (nSPS) is 11.8. The molecule has 1 aromatic heterocycles. The molecule has 106 valence electrons. The van der Waals surface area contributed by atoms with Crippen molar-refractivity contribution in [3.63, 3.8) is 0 Å². The van der Waals surface area contributed by atoms with Gasteiger partial charge in [0, 0.05) is 24.8 Å². The molecule has 0 aliphatic carbocycles. The summed E-state index contributed by atoms with van der Waals surface area (Å²) in [5.74, 6) is 0. The number of amides is 1. The van der Waals surface area contributed by atoms with Gasteiger partial charge in [-0.1, -0.05) is 12.2 Å². The summed E-state index contributed by atoms with van der Waals surface area (Å²) in [5, 5.41) is 6.89. The summed E-state index contributed by atoms with van der Waals surface area (Å²) < 4.78 is 7.01. The molecule has 0 spiro atoms. The Balaban J connectivity index is 2.22. The number of carbonyl (C=O) groups excluding carboxylic acids is 1. The maximum atomic E-state index is 11.4. The second-order valence-electron chi connectivity index (χ2n) is 5.25. The molecule has 0 aliphatic heterocycles. The molecule has 0 saturated heterocycles. The average Bonchev–Trinajstić information content (AvgIpc) is 2.74. The van der Waals surface area contributed by atoms with Crippen LogP contribution in [-0.2, 0) is 11.3 Å². The number of aromatic nitrogens is 2. The van der Waals surface area contributed by atoms with Crippen LogP contribution in [0.1, 0.15) is 39.7 Å². The Morgan fingerprint density at radius 1 is 1.53 bits per heavy atom. The molecule has 1 N–H and O–H groups in total. The van der Waals surface area contributed by atoms with Crippen LogP contribution in [0.15, 0.2) is 18.5 Å². The van der Waals surface area contributed by atoms with Crippen LogP contribution < -0.4 is 5.32 Å². The monoisotopic (exact) mass is 265 g/mol. The number of hydrogen-bond acceptors (Lipinski definition) is 3. The molecule has 1 rings (SSSR count). The molecule has 19 heavy (non-hydrogen) atoms. The minimum Gasteiger partial charge on any atom is -0.444 e. The van der Waals surface area contributed by atoms with E-state index in [0.717, 1.165) is 18.5 Å². The molecule has 0 radical (unpaired) electrons. The first-order valence-electron chi connectivity index (χ1n) is 6.56. The molecule has 1 amide bonds. The van der Waals surface area contributed by atoms with Crippen LogP contribution in [0.5, 0.6) is 0 Å². The highest BCUT2D eigenvalue weighted by atomic mass is 16.6. The average molecular weight is 265 g/mol. The Morgan fingerprint density at radius 2 is 2.26 bits per heavy atom. The van der Waals surface area contributed by atoms with E-state index in [1.165, 1.54) is 0 Å². The maximum absolute atomic E-state index is 11.4. The van der Waals surface area contributed by atoms with Crippen molar-refractivity contribution >= 4 is 12.2 Å². The lowest BCUT2D eigenvalue weighted by Gasteiger charge is -2.19. The molecular formula is C14H23N3O2. The first-order valence-corrected chi connectivity index (χ1v) is 6.56. The molecule has 0 saturated carbocycles. The third kappa shape index (κ3) is 6.64. The Bertz CT molecular complexity index is 430. The molecule has 0 atom stereocenters. The topological polar surface area (TPSA) is 56.2 Å². The van der Waals surface area contributed by atoms with Gasteiger partial charge in [0.05, 0.1) is 6.20 Å². The van der Waals surface area contributed by atoms with E-state index < -0.39 is 5.60 Å². The van der Waals surface area contributed by atoms with Gasteiger partial charge in [0.25, 0.3) is 0 Å². The number of ether oxygens (including phenoxy) is 1. The van der Waals surface area contributed by atoms with Crippen molar-refractivity contribution in [1.82, 2.24) is 15.1 Å². The standard InChI is InChI=1S/C14H23N3O2/c1-5-17-11-12(10-16-17)8-6-7-9-15-13(18)19-14(2,3)4/h6,8,10-11H,5,7,9H2,1-4H3,(H,15,18). The van der Waals surface area contributed by atoms with Crippen molar-refractivity contribution in [2.45, 2.75) is 46.3 Å². The van der Waals surface area contributed by atoms with Crippen LogP contribution in [0.4, 0.5) is 4.79 Å². The summed E-state index contributed by atoms with van der Waals surface area (Å²) in [4.78, 5) is 11.4. The van der Waals surface area contributed by atoms with Crippen molar-refractivity contribution in [2.75, 3.05) is 6.54 Å². The molecular weight excluding hydrogens is 242 g/mol. The van der Waals surface area contributed by atoms with E-state index in [9.17, 15) is 4.79 Å². The molecule has 1 aromatic rings. The highest BCUT2D eigenvalue weighted by Crippen LogP contribution is 2.06. The summed E-state index contributed by atoms with van der Waals surface area (Å²) in [5.41, 5.74) is 0.619. The van der Waals surface area contributed by atoms with Gasteiger partial charge in [-0.15, -0.1) is 0 Å². The third-order valence-corrected chi connectivity index (χ3v) is 2.27. The van der Waals surface area contributed by atoms with Crippen LogP contribution in [0.25, 0.3) is 6.08 Å². The number of rotatable bonds is 5. The lowest BCUT2D eigenvalue weighted by molar-refractivity contribution is 0.0529. The van der Waals surface area contributed by atoms with E-state index >= 15 is 0 Å². The zero-order valence-corrected chi connectivity index (χ0v) is 12.1. The number of hydrogen-bond donors (Lipinski definition) is 1. The molecule has 0 unspecified atom stereocenters. The Kier molecular flexibility index (Phi) is 5.60. The van der Waals surface area contributed by atoms with Gasteiger partial charge in [0.2, 0.25) is 0 Å². The van der Waals surface area contributed by atoms with Crippen molar-refractivity contribution in [1.29, 1.82) is 0 Å². The van der Waals surface area contributed by atoms with E-state index in [1.54, 1.807) is 0 Å². The number of carbonyl (C=O) groups is 1. The minimum atomic E-state index is -0.450. The summed E-state index contributed by atoms with van der Waals surface area (Å²) in [6, 6.07) is 0. The van der Waals surface area contributed by atoms with E-state index in [2.05, 4.69) is 10.4 Å². The first kappa shape index (κ1) is 15.3. The highest BCUT2D eigenvalue weighted by Gasteiger charge is 2.15. The van der Waals surface area contributed by atoms with E-state index in [1.807, 2.05) is 56.9 Å². The maximum Gasteiger partial charge on any atom is 0.407 e. The van der Waals surface area contributed by atoms with Crippen LogP contribution in [-0.4, -0.2) is 28.0 Å². The van der Waals surface area contributed by atoms with Gasteiger partial charge in [-0.2, -0.15) is 5.10 Å². The molecule has 5 nitrogen and oxygen atoms in total. The van der Waals surface area contributed by atoms with Gasteiger partial charge in [-0.25, -0.2) is 4.79 Å². The molecule has 0 aliphatic rings. The van der Waals surface area contributed by atoms with Gasteiger partial charge >= 0.3 is 6.09 Å².